The van der Waals surface area contributed by atoms with Crippen LogP contribution < -0.4 is 0 Å². The molecule has 0 radical (unpaired) electrons. The molecule has 2 aliphatic carbocycles. The van der Waals surface area contributed by atoms with Gasteiger partial charge in [-0.05, 0) is 0 Å². The first-order chi connectivity index (χ1) is 10.9. The third-order valence-electron chi connectivity index (χ3n) is 3.70. The zero-order chi connectivity index (χ0) is 15.5. The molecule has 0 nitrogen and oxygen atoms in total. The van der Waals surface area contributed by atoms with Gasteiger partial charge in [-0.15, -0.1) is 31.2 Å². The van der Waals surface area contributed by atoms with Gasteiger partial charge in [0.2, 0.25) is 0 Å². The van der Waals surface area contributed by atoms with Crippen LogP contribution >= 0.6 is 24.8 Å². The van der Waals surface area contributed by atoms with Gasteiger partial charge >= 0.3 is 63.8 Å². The van der Waals surface area contributed by atoms with E-state index >= 15 is 0 Å². The molecule has 25 heavy (non-hydrogen) atoms. The van der Waals surface area contributed by atoms with E-state index in [1.165, 1.54) is 55.5 Å². The van der Waals surface area contributed by atoms with E-state index in [4.69, 9.17) is 0 Å². The van der Waals surface area contributed by atoms with Gasteiger partial charge in [0.05, 0.1) is 0 Å². The Labute approximate surface area is 180 Å². The fourth-order valence-electron chi connectivity index (χ4n) is 2.50. The second-order valence-corrected chi connectivity index (χ2v) is 6.05. The molecule has 0 aromatic heterocycles. The van der Waals surface area contributed by atoms with E-state index < -0.39 is 0 Å². The molecule has 0 saturated heterocycles. The Morgan fingerprint density at radius 1 is 1.00 bits per heavy atom. The summed E-state index contributed by atoms with van der Waals surface area (Å²) in [7, 11) is 0. The molecule has 0 unspecified atom stereocenters. The van der Waals surface area contributed by atoms with Crippen molar-refractivity contribution in [2.24, 2.45) is 0 Å². The minimum atomic E-state index is 0. The minimum Gasteiger partial charge on any atom is -0.210 e. The average molecular weight is 454 g/mol. The summed E-state index contributed by atoms with van der Waals surface area (Å²) >= 11 is 1.46. The summed E-state index contributed by atoms with van der Waals surface area (Å²) in [6.07, 6.45) is 15.4. The van der Waals surface area contributed by atoms with Crippen molar-refractivity contribution in [3.8, 4) is 0 Å². The van der Waals surface area contributed by atoms with E-state index in [-0.39, 0.29) is 32.2 Å². The van der Waals surface area contributed by atoms with Crippen molar-refractivity contribution < 1.29 is 24.2 Å². The van der Waals surface area contributed by atoms with Crippen molar-refractivity contribution in [2.45, 2.75) is 32.1 Å². The smallest absolute Gasteiger partial charge is 0.0512 e. The quantitative estimate of drug-likeness (QED) is 0.447. The molecule has 0 heterocycles. The molecule has 0 N–H and O–H groups in total. The third-order valence-corrected chi connectivity index (χ3v) is 4.52. The van der Waals surface area contributed by atoms with Gasteiger partial charge < -0.3 is 7.43 Å². The van der Waals surface area contributed by atoms with E-state index in [2.05, 4.69) is 58.3 Å². The molecule has 0 fully saturated rings. The molecule has 136 valence electrons. The SMILES string of the molecule is Cl.Cl.[C-]1=CC=CC1.[CH3-].[Zr]=[CH]c1ccccc1.c1cc2c([cH-]1)CCCC2. The van der Waals surface area contributed by atoms with E-state index in [1.807, 2.05) is 18.2 Å². The molecule has 2 aromatic carbocycles. The number of allylic oxidation sites excluding steroid dienone is 4. The molecule has 2 aliphatic rings. The first-order valence-electron chi connectivity index (χ1n) is 7.91. The topological polar surface area (TPSA) is 0 Å². The second kappa shape index (κ2) is 16.8. The van der Waals surface area contributed by atoms with Crippen LogP contribution in [0.15, 0.2) is 66.8 Å². The Kier molecular flexibility index (Phi) is 17.9. The summed E-state index contributed by atoms with van der Waals surface area (Å²) in [5, 5.41) is 0. The fraction of sp³-hybridized carbons (Fsp3) is 0.227. The fourth-order valence-corrected chi connectivity index (χ4v) is 2.98. The van der Waals surface area contributed by atoms with Crippen LogP contribution in [0, 0.1) is 13.5 Å². The van der Waals surface area contributed by atoms with Gasteiger partial charge in [0.15, 0.2) is 0 Å². The van der Waals surface area contributed by atoms with Crippen LogP contribution in [-0.2, 0) is 37.1 Å². The molecule has 0 amide bonds. The summed E-state index contributed by atoms with van der Waals surface area (Å²) in [4.78, 5) is 0. The van der Waals surface area contributed by atoms with Gasteiger partial charge in [0, 0.05) is 0 Å². The zero-order valence-corrected chi connectivity index (χ0v) is 18.9. The van der Waals surface area contributed by atoms with Gasteiger partial charge in [0.1, 0.15) is 0 Å². The van der Waals surface area contributed by atoms with Crippen LogP contribution in [0.3, 0.4) is 0 Å². The Morgan fingerprint density at radius 2 is 1.72 bits per heavy atom. The van der Waals surface area contributed by atoms with E-state index in [9.17, 15) is 0 Å². The maximum absolute atomic E-state index is 2.99. The minimum absolute atomic E-state index is 0. The summed E-state index contributed by atoms with van der Waals surface area (Å²) in [5.74, 6) is 0. The van der Waals surface area contributed by atoms with Crippen molar-refractivity contribution >= 4 is 28.5 Å². The van der Waals surface area contributed by atoms with Gasteiger partial charge in [-0.1, -0.05) is 25.7 Å². The van der Waals surface area contributed by atoms with Crippen molar-refractivity contribution in [1.82, 2.24) is 0 Å². The maximum atomic E-state index is 2.99. The number of aryl methyl sites for hydroxylation is 2. The first-order valence-corrected chi connectivity index (χ1v) is 9.33. The largest absolute Gasteiger partial charge is 0.210 e. The number of hydrogen-bond donors (Lipinski definition) is 0. The van der Waals surface area contributed by atoms with Gasteiger partial charge in [-0.2, -0.15) is 29.3 Å². The van der Waals surface area contributed by atoms with Gasteiger partial charge in [-0.3, -0.25) is 6.08 Å². The van der Waals surface area contributed by atoms with E-state index in [0.717, 1.165) is 6.42 Å². The van der Waals surface area contributed by atoms with Crippen LogP contribution in [0.1, 0.15) is 36.0 Å². The summed E-state index contributed by atoms with van der Waals surface area (Å²) in [6.45, 7) is 0. The summed E-state index contributed by atoms with van der Waals surface area (Å²) in [6, 6.07) is 17.0. The average Bonchev–Trinajstić information content (AvgIpc) is 3.30. The van der Waals surface area contributed by atoms with Crippen LogP contribution in [-0.4, -0.2) is 3.71 Å². The Balaban J connectivity index is 0. The molecule has 0 bridgehead atoms. The number of hydrogen-bond acceptors (Lipinski definition) is 0. The first kappa shape index (κ1) is 26.6. The third kappa shape index (κ3) is 10.9. The summed E-state index contributed by atoms with van der Waals surface area (Å²) in [5.41, 5.74) is 4.52. The van der Waals surface area contributed by atoms with Crippen molar-refractivity contribution in [3.63, 3.8) is 0 Å². The Bertz CT molecular complexity index is 581. The van der Waals surface area contributed by atoms with Crippen molar-refractivity contribution in [1.29, 1.82) is 0 Å². The van der Waals surface area contributed by atoms with Crippen LogP contribution in [0.25, 0.3) is 0 Å². The van der Waals surface area contributed by atoms with Gasteiger partial charge in [0.25, 0.3) is 0 Å². The van der Waals surface area contributed by atoms with Crippen LogP contribution in [0.5, 0.6) is 0 Å². The normalized spacial score (nSPS) is 12.4. The molecule has 0 saturated carbocycles. The van der Waals surface area contributed by atoms with E-state index in [0.29, 0.717) is 0 Å². The molecule has 0 aliphatic heterocycles. The zero-order valence-electron chi connectivity index (χ0n) is 14.8. The monoisotopic (exact) mass is 451 g/mol. The van der Waals surface area contributed by atoms with E-state index in [1.54, 1.807) is 11.1 Å². The van der Waals surface area contributed by atoms with Crippen LogP contribution in [0.4, 0.5) is 0 Å². The molecule has 4 rings (SSSR count). The molecular formula is C22H27Cl2Zr-3. The number of rotatable bonds is 1. The van der Waals surface area contributed by atoms with Crippen molar-refractivity contribution in [2.75, 3.05) is 0 Å². The predicted octanol–water partition coefficient (Wildman–Crippen LogP) is 6.27. The number of fused-ring (bicyclic) bond motifs is 1. The number of halogens is 2. The van der Waals surface area contributed by atoms with Crippen LogP contribution in [0.2, 0.25) is 0 Å². The maximum Gasteiger partial charge on any atom is -0.0512 e. The predicted molar refractivity (Wildman–Crippen MR) is 113 cm³/mol. The Hall–Kier alpha value is -0.617. The molecular weight excluding hydrogens is 426 g/mol. The number of benzene rings is 1. The second-order valence-electron chi connectivity index (χ2n) is 5.34. The standard InChI is InChI=1S/C9H11.C7H6.C5H5.CH3.2ClH.Zr/c1-2-5-9-7-3-6-8(9)4-1;1-7-5-3-2-4-6-7;1-2-4-5-3-1;;;;/h3,6-7H,1-2,4-5H2;1-6H;1-3H,4H2;1H3;2*1H;/q-1;;2*-1;;;. The molecule has 3 heteroatoms. The molecule has 2 aromatic rings. The molecule has 0 spiro atoms. The summed E-state index contributed by atoms with van der Waals surface area (Å²) < 4.78 is 2.17. The van der Waals surface area contributed by atoms with Gasteiger partial charge in [-0.25, -0.2) is 18.2 Å². The molecule has 0 atom stereocenters. The Morgan fingerprint density at radius 3 is 2.20 bits per heavy atom. The van der Waals surface area contributed by atoms with Crippen molar-refractivity contribution in [3.05, 3.63) is 97.0 Å².